The first-order chi connectivity index (χ1) is 10.4. The van der Waals surface area contributed by atoms with E-state index in [2.05, 4.69) is 4.99 Å². The van der Waals surface area contributed by atoms with Crippen molar-refractivity contribution in [2.24, 2.45) is 4.99 Å². The predicted octanol–water partition coefficient (Wildman–Crippen LogP) is 3.06. The summed E-state index contributed by atoms with van der Waals surface area (Å²) in [6.07, 6.45) is -3.56. The van der Waals surface area contributed by atoms with Crippen LogP contribution in [0.5, 0.6) is 0 Å². The van der Waals surface area contributed by atoms with Crippen molar-refractivity contribution < 1.29 is 18.0 Å². The second kappa shape index (κ2) is 5.26. The lowest BCUT2D eigenvalue weighted by atomic mass is 9.94. The lowest BCUT2D eigenvalue weighted by molar-refractivity contribution is -0.137. The van der Waals surface area contributed by atoms with Gasteiger partial charge in [0.2, 0.25) is 5.91 Å². The number of halogens is 3. The molecule has 0 N–H and O–H groups in total. The number of carbonyl (C=O) groups excluding carboxylic acids is 1. The van der Waals surface area contributed by atoms with Crippen LogP contribution in [0.4, 0.5) is 13.2 Å². The van der Waals surface area contributed by atoms with Gasteiger partial charge in [-0.15, -0.1) is 0 Å². The third-order valence-corrected chi connectivity index (χ3v) is 4.10. The minimum Gasteiger partial charge on any atom is -0.338 e. The molecule has 3 rings (SSSR count). The molecule has 1 aromatic rings. The summed E-state index contributed by atoms with van der Waals surface area (Å²) in [7, 11) is 0. The topological polar surface area (TPSA) is 32.7 Å². The smallest absolute Gasteiger partial charge is 0.338 e. The van der Waals surface area contributed by atoms with E-state index in [-0.39, 0.29) is 5.91 Å². The van der Waals surface area contributed by atoms with E-state index in [1.807, 2.05) is 0 Å². The van der Waals surface area contributed by atoms with E-state index < -0.39 is 11.7 Å². The summed E-state index contributed by atoms with van der Waals surface area (Å²) in [5, 5.41) is 0. The van der Waals surface area contributed by atoms with Crippen molar-refractivity contribution in [3.05, 3.63) is 46.5 Å². The highest BCUT2D eigenvalue weighted by atomic mass is 19.4. The van der Waals surface area contributed by atoms with Gasteiger partial charge in [0.1, 0.15) is 0 Å². The molecular weight excluding hydrogens is 293 g/mol. The van der Waals surface area contributed by atoms with Gasteiger partial charge in [-0.1, -0.05) is 12.1 Å². The number of aliphatic imine (C=N–C) groups is 1. The molecule has 0 saturated carbocycles. The van der Waals surface area contributed by atoms with Crippen LogP contribution >= 0.6 is 0 Å². The number of alkyl halides is 3. The quantitative estimate of drug-likeness (QED) is 0.785. The highest BCUT2D eigenvalue weighted by Gasteiger charge is 2.31. The van der Waals surface area contributed by atoms with E-state index in [9.17, 15) is 18.0 Å². The Hall–Kier alpha value is -2.11. The van der Waals surface area contributed by atoms with E-state index in [4.69, 9.17) is 0 Å². The van der Waals surface area contributed by atoms with E-state index in [0.29, 0.717) is 25.2 Å². The highest BCUT2D eigenvalue weighted by molar-refractivity contribution is 6.15. The molecule has 0 spiro atoms. The van der Waals surface area contributed by atoms with Crippen molar-refractivity contribution in [3.63, 3.8) is 0 Å². The fourth-order valence-electron chi connectivity index (χ4n) is 2.84. The van der Waals surface area contributed by atoms with Crippen molar-refractivity contribution in [2.45, 2.75) is 19.5 Å². The van der Waals surface area contributed by atoms with Gasteiger partial charge in [0.15, 0.2) is 0 Å². The van der Waals surface area contributed by atoms with Gasteiger partial charge in [-0.3, -0.25) is 9.79 Å². The first-order valence-corrected chi connectivity index (χ1v) is 7.05. The molecule has 3 nitrogen and oxygen atoms in total. The Morgan fingerprint density at radius 1 is 1.23 bits per heavy atom. The van der Waals surface area contributed by atoms with Gasteiger partial charge in [0.05, 0.1) is 17.8 Å². The van der Waals surface area contributed by atoms with Gasteiger partial charge in [0.25, 0.3) is 0 Å². The fourth-order valence-corrected chi connectivity index (χ4v) is 2.84. The Labute approximate surface area is 126 Å². The summed E-state index contributed by atoms with van der Waals surface area (Å²) in [6.45, 7) is 3.28. The molecular formula is C16H15F3N2O. The summed E-state index contributed by atoms with van der Waals surface area (Å²) in [5.74, 6) is 0.00483. The number of carbonyl (C=O) groups is 1. The van der Waals surface area contributed by atoms with Crippen LogP contribution in [-0.4, -0.2) is 36.2 Å². The van der Waals surface area contributed by atoms with Crippen LogP contribution in [0.15, 0.2) is 40.4 Å². The number of hydrogen-bond acceptors (Lipinski definition) is 2. The van der Waals surface area contributed by atoms with Gasteiger partial charge in [0, 0.05) is 25.6 Å². The van der Waals surface area contributed by atoms with Crippen molar-refractivity contribution in [2.75, 3.05) is 19.6 Å². The third kappa shape index (κ3) is 2.65. The van der Waals surface area contributed by atoms with Crippen molar-refractivity contribution in [1.82, 2.24) is 4.90 Å². The predicted molar refractivity (Wildman–Crippen MR) is 76.7 cm³/mol. The number of benzene rings is 1. The lowest BCUT2D eigenvalue weighted by Gasteiger charge is -2.28. The van der Waals surface area contributed by atoms with E-state index in [1.165, 1.54) is 24.6 Å². The summed E-state index contributed by atoms with van der Waals surface area (Å²) >= 11 is 0. The zero-order valence-corrected chi connectivity index (χ0v) is 12.1. The van der Waals surface area contributed by atoms with Gasteiger partial charge in [-0.2, -0.15) is 13.2 Å². The molecule has 0 atom stereocenters. The molecule has 116 valence electrons. The molecule has 2 aliphatic rings. The summed E-state index contributed by atoms with van der Waals surface area (Å²) in [6, 6.07) is 5.04. The van der Waals surface area contributed by atoms with E-state index in [1.54, 1.807) is 4.90 Å². The van der Waals surface area contributed by atoms with Crippen molar-refractivity contribution in [3.8, 4) is 0 Å². The molecule has 0 fully saturated rings. The summed E-state index contributed by atoms with van der Waals surface area (Å²) in [4.78, 5) is 17.7. The number of hydrogen-bond donors (Lipinski definition) is 0. The van der Waals surface area contributed by atoms with Gasteiger partial charge >= 0.3 is 6.18 Å². The fraction of sp³-hybridized carbons (Fsp3) is 0.375. The molecule has 2 heterocycles. The molecule has 0 aliphatic carbocycles. The molecule has 0 bridgehead atoms. The molecule has 0 saturated heterocycles. The molecule has 0 aromatic heterocycles. The molecule has 0 unspecified atom stereocenters. The Kier molecular flexibility index (Phi) is 3.54. The normalized spacial score (nSPS) is 18.4. The molecule has 0 radical (unpaired) electrons. The zero-order valence-electron chi connectivity index (χ0n) is 12.1. The number of rotatable bonds is 1. The molecule has 1 amide bonds. The SMILES string of the molecule is CC(=O)N1CCC2=C(C1)C(c1ccc(C(F)(F)F)cc1)=NC2. The first kappa shape index (κ1) is 14.8. The maximum atomic E-state index is 12.6. The van der Waals surface area contributed by atoms with Crippen LogP contribution in [0.1, 0.15) is 24.5 Å². The number of nitrogens with zero attached hydrogens (tertiary/aromatic N) is 2. The van der Waals surface area contributed by atoms with Gasteiger partial charge in [-0.25, -0.2) is 0 Å². The summed E-state index contributed by atoms with van der Waals surface area (Å²) < 4.78 is 37.9. The van der Waals surface area contributed by atoms with Crippen LogP contribution in [0.25, 0.3) is 0 Å². The second-order valence-electron chi connectivity index (χ2n) is 5.51. The highest BCUT2D eigenvalue weighted by Crippen LogP contribution is 2.31. The maximum Gasteiger partial charge on any atom is 0.416 e. The van der Waals surface area contributed by atoms with E-state index in [0.717, 1.165) is 29.8 Å². The Morgan fingerprint density at radius 2 is 1.91 bits per heavy atom. The van der Waals surface area contributed by atoms with Crippen molar-refractivity contribution >= 4 is 11.6 Å². The molecule has 22 heavy (non-hydrogen) atoms. The lowest BCUT2D eigenvalue weighted by Crippen LogP contribution is -2.36. The third-order valence-electron chi connectivity index (χ3n) is 4.10. The van der Waals surface area contributed by atoms with Crippen LogP contribution in [-0.2, 0) is 11.0 Å². The average Bonchev–Trinajstić information content (AvgIpc) is 2.89. The van der Waals surface area contributed by atoms with Gasteiger partial charge in [-0.05, 0) is 29.7 Å². The Bertz CT molecular complexity index is 672. The maximum absolute atomic E-state index is 12.6. The van der Waals surface area contributed by atoms with Crippen LogP contribution < -0.4 is 0 Å². The largest absolute Gasteiger partial charge is 0.416 e. The molecule has 1 aromatic carbocycles. The van der Waals surface area contributed by atoms with Crippen LogP contribution in [0, 0.1) is 0 Å². The van der Waals surface area contributed by atoms with E-state index >= 15 is 0 Å². The zero-order chi connectivity index (χ0) is 15.9. The monoisotopic (exact) mass is 308 g/mol. The minimum atomic E-state index is -4.34. The molecule has 6 heteroatoms. The summed E-state index contributed by atoms with van der Waals surface area (Å²) in [5.41, 5.74) is 2.89. The average molecular weight is 308 g/mol. The number of amides is 1. The Balaban J connectivity index is 1.87. The first-order valence-electron chi connectivity index (χ1n) is 7.05. The standard InChI is InChI=1S/C16H15F3N2O/c1-10(22)21-7-6-12-8-20-15(14(12)9-21)11-2-4-13(5-3-11)16(17,18)19/h2-5H,6-9H2,1H3. The van der Waals surface area contributed by atoms with Crippen molar-refractivity contribution in [1.29, 1.82) is 0 Å². The van der Waals surface area contributed by atoms with Gasteiger partial charge < -0.3 is 4.90 Å². The van der Waals surface area contributed by atoms with Crippen LogP contribution in [0.3, 0.4) is 0 Å². The molecule has 2 aliphatic heterocycles. The Morgan fingerprint density at radius 3 is 2.50 bits per heavy atom. The second-order valence-corrected chi connectivity index (χ2v) is 5.51. The minimum absolute atomic E-state index is 0.00483. The van der Waals surface area contributed by atoms with Crippen LogP contribution in [0.2, 0.25) is 0 Å².